The second kappa shape index (κ2) is 6.79. The van der Waals surface area contributed by atoms with Crippen molar-refractivity contribution < 1.29 is 4.79 Å². The Balaban J connectivity index is 1.45. The molecule has 2 fully saturated rings. The maximum absolute atomic E-state index is 13.0. The van der Waals surface area contributed by atoms with Crippen LogP contribution in [0.3, 0.4) is 0 Å². The van der Waals surface area contributed by atoms with Gasteiger partial charge in [-0.2, -0.15) is 0 Å². The maximum Gasteiger partial charge on any atom is 0.274 e. The molecule has 5 heteroatoms. The van der Waals surface area contributed by atoms with E-state index in [0.717, 1.165) is 43.2 Å². The molecule has 134 valence electrons. The van der Waals surface area contributed by atoms with Gasteiger partial charge in [0.05, 0.1) is 5.69 Å². The van der Waals surface area contributed by atoms with Gasteiger partial charge < -0.3 is 14.2 Å². The van der Waals surface area contributed by atoms with Crippen LogP contribution in [0.15, 0.2) is 24.4 Å². The van der Waals surface area contributed by atoms with Crippen LogP contribution in [0.25, 0.3) is 5.65 Å². The van der Waals surface area contributed by atoms with E-state index < -0.39 is 0 Å². The minimum absolute atomic E-state index is 0.0941. The van der Waals surface area contributed by atoms with Crippen LogP contribution in [0.2, 0.25) is 0 Å². The first-order chi connectivity index (χ1) is 12.1. The van der Waals surface area contributed by atoms with Crippen molar-refractivity contribution in [3.8, 4) is 0 Å². The number of hydrogen-bond donors (Lipinski definition) is 0. The first kappa shape index (κ1) is 16.6. The third-order valence-corrected chi connectivity index (χ3v) is 6.17. The lowest BCUT2D eigenvalue weighted by molar-refractivity contribution is 0.0550. The van der Waals surface area contributed by atoms with Crippen molar-refractivity contribution in [1.82, 2.24) is 19.2 Å². The fourth-order valence-electron chi connectivity index (χ4n) is 4.65. The molecule has 0 aromatic carbocycles. The molecule has 4 rings (SSSR count). The van der Waals surface area contributed by atoms with E-state index in [-0.39, 0.29) is 5.91 Å². The third-order valence-electron chi connectivity index (χ3n) is 6.17. The Labute approximate surface area is 149 Å². The fourth-order valence-corrected chi connectivity index (χ4v) is 4.65. The van der Waals surface area contributed by atoms with E-state index in [9.17, 15) is 4.79 Å². The molecule has 2 aromatic heterocycles. The van der Waals surface area contributed by atoms with Crippen molar-refractivity contribution in [2.45, 2.75) is 45.1 Å². The molecule has 1 atom stereocenters. The number of imidazole rings is 1. The van der Waals surface area contributed by atoms with Crippen LogP contribution in [0.5, 0.6) is 0 Å². The number of nitrogens with zero attached hydrogens (tertiary/aromatic N) is 4. The number of pyridine rings is 1. The van der Waals surface area contributed by atoms with Crippen LogP contribution in [0.4, 0.5) is 0 Å². The molecule has 0 saturated carbocycles. The summed E-state index contributed by atoms with van der Waals surface area (Å²) in [6.45, 7) is 4.93. The third kappa shape index (κ3) is 3.06. The minimum Gasteiger partial charge on any atom is -0.337 e. The normalized spacial score (nSPS) is 23.3. The molecule has 0 aliphatic carbocycles. The van der Waals surface area contributed by atoms with E-state index in [1.165, 1.54) is 25.8 Å². The van der Waals surface area contributed by atoms with Crippen molar-refractivity contribution >= 4 is 11.6 Å². The number of aryl methyl sites for hydroxylation is 1. The summed E-state index contributed by atoms with van der Waals surface area (Å²) < 4.78 is 2.00. The molecule has 2 saturated heterocycles. The van der Waals surface area contributed by atoms with Gasteiger partial charge in [0, 0.05) is 25.3 Å². The molecule has 1 amide bonds. The molecular weight excluding hydrogens is 312 g/mol. The van der Waals surface area contributed by atoms with Crippen molar-refractivity contribution in [3.05, 3.63) is 35.8 Å². The zero-order valence-corrected chi connectivity index (χ0v) is 15.3. The van der Waals surface area contributed by atoms with Gasteiger partial charge in [-0.3, -0.25) is 4.79 Å². The summed E-state index contributed by atoms with van der Waals surface area (Å²) in [7, 11) is 2.27. The maximum atomic E-state index is 13.0. The van der Waals surface area contributed by atoms with E-state index in [1.807, 2.05) is 40.6 Å². The van der Waals surface area contributed by atoms with Crippen molar-refractivity contribution in [3.63, 3.8) is 0 Å². The Morgan fingerprint density at radius 3 is 2.64 bits per heavy atom. The van der Waals surface area contributed by atoms with Gasteiger partial charge in [-0.15, -0.1) is 0 Å². The predicted molar refractivity (Wildman–Crippen MR) is 98.8 cm³/mol. The molecule has 2 aromatic rings. The van der Waals surface area contributed by atoms with Gasteiger partial charge in [0.15, 0.2) is 0 Å². The lowest BCUT2D eigenvalue weighted by Gasteiger charge is -2.42. The SMILES string of the molecule is Cc1c(C(=O)N2CCC(C3CCCCN3C)CC2)nc2ccccn12. The number of likely N-dealkylation sites (tertiary alicyclic amines) is 2. The van der Waals surface area contributed by atoms with Gasteiger partial charge in [-0.05, 0) is 64.3 Å². The van der Waals surface area contributed by atoms with Crippen LogP contribution in [-0.4, -0.2) is 57.8 Å². The van der Waals surface area contributed by atoms with E-state index in [2.05, 4.69) is 16.9 Å². The molecule has 0 bridgehead atoms. The summed E-state index contributed by atoms with van der Waals surface area (Å²) in [6, 6.07) is 6.60. The number of rotatable bonds is 2. The average Bonchev–Trinajstić information content (AvgIpc) is 2.99. The number of piperidine rings is 2. The van der Waals surface area contributed by atoms with E-state index in [1.54, 1.807) is 0 Å². The second-order valence-electron chi connectivity index (χ2n) is 7.65. The first-order valence-corrected chi connectivity index (χ1v) is 9.58. The predicted octanol–water partition coefficient (Wildman–Crippen LogP) is 2.98. The fraction of sp³-hybridized carbons (Fsp3) is 0.600. The minimum atomic E-state index is 0.0941. The molecule has 2 aliphatic heterocycles. The standard InChI is InChI=1S/C20H28N4O/c1-15-19(21-18-8-4-6-12-24(15)18)20(25)23-13-9-16(10-14-23)17-7-3-5-11-22(17)2/h4,6,8,12,16-17H,3,5,7,9-11,13-14H2,1-2H3. The summed E-state index contributed by atoms with van der Waals surface area (Å²) >= 11 is 0. The number of carbonyl (C=O) groups is 1. The van der Waals surface area contributed by atoms with E-state index >= 15 is 0 Å². The number of fused-ring (bicyclic) bond motifs is 1. The van der Waals surface area contributed by atoms with Crippen molar-refractivity contribution in [1.29, 1.82) is 0 Å². The molecular formula is C20H28N4O. The Bertz CT molecular complexity index is 760. The highest BCUT2D eigenvalue weighted by Gasteiger charge is 2.33. The van der Waals surface area contributed by atoms with Crippen molar-refractivity contribution in [2.75, 3.05) is 26.7 Å². The zero-order valence-electron chi connectivity index (χ0n) is 15.3. The molecule has 0 radical (unpaired) electrons. The molecule has 4 heterocycles. The summed E-state index contributed by atoms with van der Waals surface area (Å²) in [5.41, 5.74) is 2.40. The largest absolute Gasteiger partial charge is 0.337 e. The molecule has 0 spiro atoms. The topological polar surface area (TPSA) is 40.9 Å². The highest BCUT2D eigenvalue weighted by Crippen LogP contribution is 2.30. The Kier molecular flexibility index (Phi) is 4.50. The van der Waals surface area contributed by atoms with Gasteiger partial charge in [0.25, 0.3) is 5.91 Å². The van der Waals surface area contributed by atoms with Crippen LogP contribution in [0.1, 0.15) is 48.3 Å². The Hall–Kier alpha value is -1.88. The second-order valence-corrected chi connectivity index (χ2v) is 7.65. The Morgan fingerprint density at radius 1 is 1.12 bits per heavy atom. The van der Waals surface area contributed by atoms with Gasteiger partial charge >= 0.3 is 0 Å². The Morgan fingerprint density at radius 2 is 1.92 bits per heavy atom. The first-order valence-electron chi connectivity index (χ1n) is 9.58. The van der Waals surface area contributed by atoms with Gasteiger partial charge in [0.2, 0.25) is 0 Å². The summed E-state index contributed by atoms with van der Waals surface area (Å²) in [5.74, 6) is 0.827. The van der Waals surface area contributed by atoms with Crippen LogP contribution >= 0.6 is 0 Å². The van der Waals surface area contributed by atoms with Gasteiger partial charge in [-0.25, -0.2) is 4.98 Å². The highest BCUT2D eigenvalue weighted by molar-refractivity contribution is 5.94. The quantitative estimate of drug-likeness (QED) is 0.844. The zero-order chi connectivity index (χ0) is 17.4. The lowest BCUT2D eigenvalue weighted by Crippen LogP contribution is -2.47. The number of amides is 1. The van der Waals surface area contributed by atoms with E-state index in [4.69, 9.17) is 0 Å². The summed E-state index contributed by atoms with van der Waals surface area (Å²) in [5, 5.41) is 0. The van der Waals surface area contributed by atoms with Crippen LogP contribution in [-0.2, 0) is 0 Å². The number of carbonyl (C=O) groups excluding carboxylic acids is 1. The molecule has 1 unspecified atom stereocenters. The van der Waals surface area contributed by atoms with Crippen LogP contribution < -0.4 is 0 Å². The van der Waals surface area contributed by atoms with E-state index in [0.29, 0.717) is 11.7 Å². The monoisotopic (exact) mass is 340 g/mol. The average molecular weight is 340 g/mol. The van der Waals surface area contributed by atoms with Gasteiger partial charge in [0.1, 0.15) is 11.3 Å². The highest BCUT2D eigenvalue weighted by atomic mass is 16.2. The van der Waals surface area contributed by atoms with Crippen LogP contribution in [0, 0.1) is 12.8 Å². The van der Waals surface area contributed by atoms with Crippen molar-refractivity contribution in [2.24, 2.45) is 5.92 Å². The molecule has 25 heavy (non-hydrogen) atoms. The molecule has 5 nitrogen and oxygen atoms in total. The molecule has 0 N–H and O–H groups in total. The number of hydrogen-bond acceptors (Lipinski definition) is 3. The van der Waals surface area contributed by atoms with Gasteiger partial charge in [-0.1, -0.05) is 12.5 Å². The number of aromatic nitrogens is 2. The summed E-state index contributed by atoms with van der Waals surface area (Å²) in [4.78, 5) is 22.1. The smallest absolute Gasteiger partial charge is 0.274 e. The molecule has 2 aliphatic rings. The lowest BCUT2D eigenvalue weighted by atomic mass is 9.84. The summed E-state index contributed by atoms with van der Waals surface area (Å²) in [6.07, 6.45) is 8.21.